The number of hydrogen-bond donors (Lipinski definition) is 0. The molecule has 8 nitrogen and oxygen atoms in total. The third-order valence-corrected chi connectivity index (χ3v) is 6.69. The van der Waals surface area contributed by atoms with E-state index in [1.54, 1.807) is 55.5 Å². The van der Waals surface area contributed by atoms with Crippen molar-refractivity contribution >= 4 is 41.0 Å². The molecule has 3 aromatic rings. The SMILES string of the molecule is COC(=O)C1=C(C)N=c2sc(=Cc3ccc(OC(C)=O)c(OC)c3)c(=O)n2[C@H]1c1ccccc1Cl. The Morgan fingerprint density at radius 3 is 2.54 bits per heavy atom. The van der Waals surface area contributed by atoms with Crippen LogP contribution in [0.3, 0.4) is 0 Å². The number of carbonyl (C=O) groups excluding carboxylic acids is 2. The Hall–Kier alpha value is -3.69. The lowest BCUT2D eigenvalue weighted by molar-refractivity contribution is -0.136. The number of aromatic nitrogens is 1. The minimum Gasteiger partial charge on any atom is -0.493 e. The van der Waals surface area contributed by atoms with Gasteiger partial charge in [0.05, 0.1) is 30.0 Å². The monoisotopic (exact) mass is 512 g/mol. The van der Waals surface area contributed by atoms with Gasteiger partial charge in [-0.05, 0) is 42.3 Å². The first kappa shape index (κ1) is 24.4. The van der Waals surface area contributed by atoms with Crippen molar-refractivity contribution in [2.24, 2.45) is 4.99 Å². The quantitative estimate of drug-likeness (QED) is 0.385. The maximum absolute atomic E-state index is 13.6. The van der Waals surface area contributed by atoms with Crippen molar-refractivity contribution in [1.29, 1.82) is 0 Å². The summed E-state index contributed by atoms with van der Waals surface area (Å²) in [7, 11) is 2.74. The van der Waals surface area contributed by atoms with E-state index in [1.165, 1.54) is 37.0 Å². The Morgan fingerprint density at radius 2 is 1.89 bits per heavy atom. The van der Waals surface area contributed by atoms with Crippen LogP contribution in [0.5, 0.6) is 11.5 Å². The number of fused-ring (bicyclic) bond motifs is 1. The normalized spacial score (nSPS) is 15.3. The van der Waals surface area contributed by atoms with Gasteiger partial charge in [0.15, 0.2) is 16.3 Å². The summed E-state index contributed by atoms with van der Waals surface area (Å²) in [6.07, 6.45) is 1.69. The number of halogens is 1. The number of hydrogen-bond acceptors (Lipinski definition) is 8. The van der Waals surface area contributed by atoms with Crippen molar-refractivity contribution in [3.63, 3.8) is 0 Å². The first-order valence-corrected chi connectivity index (χ1v) is 11.7. The maximum Gasteiger partial charge on any atom is 0.338 e. The van der Waals surface area contributed by atoms with Crippen LogP contribution < -0.4 is 24.4 Å². The average molecular weight is 513 g/mol. The van der Waals surface area contributed by atoms with Gasteiger partial charge >= 0.3 is 11.9 Å². The number of methoxy groups -OCH3 is 2. The average Bonchev–Trinajstić information content (AvgIpc) is 3.13. The molecular formula is C25H21ClN2O6S. The molecule has 4 rings (SSSR count). The molecule has 0 amide bonds. The summed E-state index contributed by atoms with van der Waals surface area (Å²) in [6.45, 7) is 3.00. The lowest BCUT2D eigenvalue weighted by Gasteiger charge is -2.25. The van der Waals surface area contributed by atoms with Gasteiger partial charge in [-0.3, -0.25) is 14.2 Å². The molecule has 0 radical (unpaired) electrons. The molecule has 35 heavy (non-hydrogen) atoms. The molecule has 0 saturated carbocycles. The predicted molar refractivity (Wildman–Crippen MR) is 132 cm³/mol. The van der Waals surface area contributed by atoms with E-state index in [9.17, 15) is 14.4 Å². The topological polar surface area (TPSA) is 96.2 Å². The molecule has 1 aliphatic rings. The van der Waals surface area contributed by atoms with Crippen molar-refractivity contribution in [2.75, 3.05) is 14.2 Å². The number of benzene rings is 2. The fraction of sp³-hybridized carbons (Fsp3) is 0.200. The van der Waals surface area contributed by atoms with Gasteiger partial charge in [-0.15, -0.1) is 0 Å². The summed E-state index contributed by atoms with van der Waals surface area (Å²) >= 11 is 7.67. The van der Waals surface area contributed by atoms with Crippen molar-refractivity contribution in [3.05, 3.63) is 89.6 Å². The van der Waals surface area contributed by atoms with E-state index in [1.807, 2.05) is 0 Å². The van der Waals surface area contributed by atoms with Crippen LogP contribution in [0.25, 0.3) is 6.08 Å². The molecule has 0 spiro atoms. The van der Waals surface area contributed by atoms with E-state index in [2.05, 4.69) is 4.99 Å². The molecule has 1 aromatic heterocycles. The molecule has 1 aliphatic heterocycles. The van der Waals surface area contributed by atoms with Gasteiger partial charge in [0, 0.05) is 11.9 Å². The molecule has 0 fully saturated rings. The minimum atomic E-state index is -0.796. The van der Waals surface area contributed by atoms with Crippen LogP contribution in [-0.2, 0) is 14.3 Å². The molecule has 2 aromatic carbocycles. The minimum absolute atomic E-state index is 0.243. The van der Waals surface area contributed by atoms with Gasteiger partial charge in [0.2, 0.25) is 0 Å². The van der Waals surface area contributed by atoms with Crippen molar-refractivity contribution in [3.8, 4) is 11.5 Å². The zero-order chi connectivity index (χ0) is 25.3. The maximum atomic E-state index is 13.6. The Labute approximate surface area is 209 Å². The lowest BCUT2D eigenvalue weighted by Crippen LogP contribution is -2.39. The molecule has 0 N–H and O–H groups in total. The highest BCUT2D eigenvalue weighted by Gasteiger charge is 2.34. The number of esters is 2. The van der Waals surface area contributed by atoms with Crippen molar-refractivity contribution in [2.45, 2.75) is 19.9 Å². The number of nitrogens with zero attached hydrogens (tertiary/aromatic N) is 2. The largest absolute Gasteiger partial charge is 0.493 e. The standard InChI is InChI=1S/C25H21ClN2O6S/c1-13-21(24(31)33-4)22(16-7-5-6-8-17(16)26)28-23(30)20(35-25(28)27-13)12-15-9-10-18(34-14(2)29)19(11-15)32-3/h5-12,22H,1-4H3/t22-/m0/s1. The van der Waals surface area contributed by atoms with Gasteiger partial charge in [-0.1, -0.05) is 47.2 Å². The van der Waals surface area contributed by atoms with E-state index in [-0.39, 0.29) is 16.9 Å². The number of rotatable bonds is 5. The van der Waals surface area contributed by atoms with Gasteiger partial charge < -0.3 is 14.2 Å². The smallest absolute Gasteiger partial charge is 0.338 e. The van der Waals surface area contributed by atoms with Gasteiger partial charge in [-0.25, -0.2) is 9.79 Å². The number of carbonyl (C=O) groups is 2. The second-order valence-electron chi connectivity index (χ2n) is 7.60. The van der Waals surface area contributed by atoms with E-state index >= 15 is 0 Å². The first-order chi connectivity index (χ1) is 16.7. The van der Waals surface area contributed by atoms with Crippen molar-refractivity contribution < 1.29 is 23.8 Å². The number of allylic oxidation sites excluding steroid dienone is 1. The van der Waals surface area contributed by atoms with Crippen LogP contribution in [0.4, 0.5) is 0 Å². The number of ether oxygens (including phenoxy) is 3. The molecule has 10 heteroatoms. The Balaban J connectivity index is 1.92. The van der Waals surface area contributed by atoms with E-state index in [0.29, 0.717) is 36.9 Å². The first-order valence-electron chi connectivity index (χ1n) is 10.5. The van der Waals surface area contributed by atoms with E-state index in [4.69, 9.17) is 25.8 Å². The summed E-state index contributed by atoms with van der Waals surface area (Å²) < 4.78 is 17.3. The van der Waals surface area contributed by atoms with Crippen LogP contribution in [-0.4, -0.2) is 30.7 Å². The summed E-state index contributed by atoms with van der Waals surface area (Å²) in [5, 5.41) is 0.411. The van der Waals surface area contributed by atoms with Gasteiger partial charge in [0.25, 0.3) is 5.56 Å². The van der Waals surface area contributed by atoms with E-state index in [0.717, 1.165) is 0 Å². The number of thiazole rings is 1. The molecule has 0 bridgehead atoms. The summed E-state index contributed by atoms with van der Waals surface area (Å²) in [6, 6.07) is 11.2. The molecule has 2 heterocycles. The molecular weight excluding hydrogens is 492 g/mol. The zero-order valence-electron chi connectivity index (χ0n) is 19.3. The summed E-state index contributed by atoms with van der Waals surface area (Å²) in [5.41, 5.74) is 1.59. The second kappa shape index (κ2) is 9.89. The molecule has 0 unspecified atom stereocenters. The highest BCUT2D eigenvalue weighted by atomic mass is 35.5. The molecule has 0 aliphatic carbocycles. The second-order valence-corrected chi connectivity index (χ2v) is 9.02. The molecule has 0 saturated heterocycles. The third kappa shape index (κ3) is 4.65. The van der Waals surface area contributed by atoms with Gasteiger partial charge in [0.1, 0.15) is 6.04 Å². The molecule has 1 atom stereocenters. The van der Waals surface area contributed by atoms with Crippen LogP contribution >= 0.6 is 22.9 Å². The summed E-state index contributed by atoms with van der Waals surface area (Å²) in [4.78, 5) is 42.6. The Kier molecular flexibility index (Phi) is 6.90. The lowest BCUT2D eigenvalue weighted by atomic mass is 9.96. The fourth-order valence-electron chi connectivity index (χ4n) is 3.85. The van der Waals surface area contributed by atoms with Crippen LogP contribution in [0.1, 0.15) is 31.0 Å². The van der Waals surface area contributed by atoms with Crippen LogP contribution in [0.2, 0.25) is 5.02 Å². The van der Waals surface area contributed by atoms with E-state index < -0.39 is 18.0 Å². The zero-order valence-corrected chi connectivity index (χ0v) is 20.9. The molecule has 180 valence electrons. The fourth-order valence-corrected chi connectivity index (χ4v) is 5.13. The highest BCUT2D eigenvalue weighted by molar-refractivity contribution is 7.07. The Bertz CT molecular complexity index is 1550. The van der Waals surface area contributed by atoms with Crippen LogP contribution in [0, 0.1) is 0 Å². The van der Waals surface area contributed by atoms with Gasteiger partial charge in [-0.2, -0.15) is 0 Å². The Morgan fingerprint density at radius 1 is 1.14 bits per heavy atom. The third-order valence-electron chi connectivity index (χ3n) is 5.37. The van der Waals surface area contributed by atoms with Crippen LogP contribution in [0.15, 0.2) is 63.5 Å². The predicted octanol–water partition coefficient (Wildman–Crippen LogP) is 3.00. The highest BCUT2D eigenvalue weighted by Crippen LogP contribution is 2.34. The summed E-state index contributed by atoms with van der Waals surface area (Å²) in [5.74, 6) is -0.438. The van der Waals surface area contributed by atoms with Crippen molar-refractivity contribution in [1.82, 2.24) is 4.57 Å².